The molecule has 3 heterocycles. The Labute approximate surface area is 200 Å². The summed E-state index contributed by atoms with van der Waals surface area (Å²) < 4.78 is 28.7. The third kappa shape index (κ3) is 5.05. The minimum atomic E-state index is -3.55. The van der Waals surface area contributed by atoms with Crippen molar-refractivity contribution in [2.75, 3.05) is 44.2 Å². The minimum Gasteiger partial charge on any atom is -0.353 e. The van der Waals surface area contributed by atoms with Gasteiger partial charge in [0.2, 0.25) is 15.9 Å². The minimum absolute atomic E-state index is 0.137. The highest BCUT2D eigenvalue weighted by Crippen LogP contribution is 2.21. The molecule has 0 atom stereocenters. The second kappa shape index (κ2) is 10.5. The molecule has 0 spiro atoms. The van der Waals surface area contributed by atoms with Crippen LogP contribution in [0.15, 0.2) is 47.5 Å². The largest absolute Gasteiger partial charge is 0.353 e. The number of amides is 1. The van der Waals surface area contributed by atoms with Gasteiger partial charge in [-0.1, -0.05) is 25.1 Å². The molecule has 0 saturated carbocycles. The Morgan fingerprint density at radius 1 is 1.06 bits per heavy atom. The molecule has 1 aliphatic rings. The zero-order valence-corrected chi connectivity index (χ0v) is 20.5. The summed E-state index contributed by atoms with van der Waals surface area (Å²) >= 11 is 0. The van der Waals surface area contributed by atoms with Crippen LogP contribution < -0.4 is 4.90 Å². The van der Waals surface area contributed by atoms with Crippen molar-refractivity contribution >= 4 is 32.8 Å². The van der Waals surface area contributed by atoms with E-state index in [-0.39, 0.29) is 10.8 Å². The Kier molecular flexibility index (Phi) is 7.42. The summed E-state index contributed by atoms with van der Waals surface area (Å²) in [5.41, 5.74) is 1.29. The summed E-state index contributed by atoms with van der Waals surface area (Å²) in [7, 11) is -3.55. The van der Waals surface area contributed by atoms with Crippen LogP contribution in [0, 0.1) is 0 Å². The molecule has 34 heavy (non-hydrogen) atoms. The molecular weight excluding hydrogens is 454 g/mol. The number of rotatable bonds is 9. The van der Waals surface area contributed by atoms with Crippen LogP contribution in [0.25, 0.3) is 11.0 Å². The van der Waals surface area contributed by atoms with Crippen LogP contribution >= 0.6 is 0 Å². The molecule has 1 aromatic carbocycles. The Bertz CT molecular complexity index is 1220. The average molecular weight is 486 g/mol. The number of piperazine rings is 1. The first kappa shape index (κ1) is 24.1. The highest BCUT2D eigenvalue weighted by molar-refractivity contribution is 7.89. The van der Waals surface area contributed by atoms with Crippen molar-refractivity contribution in [3.63, 3.8) is 0 Å². The Balaban J connectivity index is 1.31. The number of fused-ring (bicyclic) bond motifs is 1. The van der Waals surface area contributed by atoms with Crippen molar-refractivity contribution in [2.45, 2.75) is 38.1 Å². The third-order valence-electron chi connectivity index (χ3n) is 6.19. The molecule has 2 aromatic heterocycles. The van der Waals surface area contributed by atoms with Crippen molar-refractivity contribution in [1.29, 1.82) is 0 Å². The highest BCUT2D eigenvalue weighted by atomic mass is 32.2. The van der Waals surface area contributed by atoms with E-state index < -0.39 is 10.0 Å². The maximum Gasteiger partial charge on any atom is 0.243 e. The van der Waals surface area contributed by atoms with Crippen LogP contribution in [-0.4, -0.2) is 82.8 Å². The topological polar surface area (TPSA) is 105 Å². The number of pyridine rings is 1. The molecule has 182 valence electrons. The lowest BCUT2D eigenvalue weighted by molar-refractivity contribution is -0.131. The first-order valence-electron chi connectivity index (χ1n) is 11.7. The fraction of sp³-hybridized carbons (Fsp3) is 0.478. The molecule has 10 nitrogen and oxygen atoms in total. The lowest BCUT2D eigenvalue weighted by Crippen LogP contribution is -2.49. The van der Waals surface area contributed by atoms with E-state index in [1.54, 1.807) is 29.1 Å². The van der Waals surface area contributed by atoms with Crippen LogP contribution in [0.5, 0.6) is 0 Å². The second-order valence-electron chi connectivity index (χ2n) is 8.21. The van der Waals surface area contributed by atoms with Gasteiger partial charge < -0.3 is 9.80 Å². The van der Waals surface area contributed by atoms with E-state index in [0.717, 1.165) is 24.4 Å². The maximum absolute atomic E-state index is 12.8. The summed E-state index contributed by atoms with van der Waals surface area (Å²) in [6, 6.07) is 10.8. The van der Waals surface area contributed by atoms with E-state index in [4.69, 9.17) is 0 Å². The van der Waals surface area contributed by atoms with Crippen LogP contribution in [-0.2, 0) is 21.4 Å². The molecule has 4 rings (SSSR count). The predicted molar refractivity (Wildman–Crippen MR) is 130 cm³/mol. The van der Waals surface area contributed by atoms with E-state index in [1.807, 2.05) is 36.9 Å². The number of anilines is 1. The standard InChI is InChI=1S/C23H31N7O3S/c1-3-29(4-2)34(32,33)19-10-11-21-20(18-19)25-26-30(21)13-7-9-23(31)28-16-14-27(15-17-28)22-8-5-6-12-24-22/h5-6,8,10-12,18H,3-4,7,9,13-17H2,1-2H3. The summed E-state index contributed by atoms with van der Waals surface area (Å²) in [5, 5.41) is 8.33. The zero-order valence-electron chi connectivity index (χ0n) is 19.7. The van der Waals surface area contributed by atoms with E-state index in [9.17, 15) is 13.2 Å². The van der Waals surface area contributed by atoms with Gasteiger partial charge in [-0.3, -0.25) is 4.79 Å². The SMILES string of the molecule is CCN(CC)S(=O)(=O)c1ccc2c(c1)nnn2CCCC(=O)N1CCN(c2ccccn2)CC1. The third-order valence-corrected chi connectivity index (χ3v) is 8.24. The number of hydrogen-bond acceptors (Lipinski definition) is 7. The van der Waals surface area contributed by atoms with Gasteiger partial charge in [0.1, 0.15) is 11.3 Å². The Morgan fingerprint density at radius 2 is 1.82 bits per heavy atom. The van der Waals surface area contributed by atoms with Crippen molar-refractivity contribution < 1.29 is 13.2 Å². The lowest BCUT2D eigenvalue weighted by atomic mass is 10.2. The van der Waals surface area contributed by atoms with Gasteiger partial charge in [-0.05, 0) is 36.8 Å². The average Bonchev–Trinajstić information content (AvgIpc) is 3.27. The van der Waals surface area contributed by atoms with Gasteiger partial charge in [0.25, 0.3) is 0 Å². The van der Waals surface area contributed by atoms with Gasteiger partial charge in [-0.15, -0.1) is 5.10 Å². The molecule has 0 bridgehead atoms. The Hall–Kier alpha value is -3.05. The molecule has 3 aromatic rings. The number of nitrogens with zero attached hydrogens (tertiary/aromatic N) is 7. The van der Waals surface area contributed by atoms with E-state index >= 15 is 0 Å². The fourth-order valence-electron chi connectivity index (χ4n) is 4.25. The summed E-state index contributed by atoms with van der Waals surface area (Å²) in [5.74, 6) is 1.08. The number of carbonyl (C=O) groups is 1. The van der Waals surface area contributed by atoms with Crippen LogP contribution in [0.1, 0.15) is 26.7 Å². The predicted octanol–water partition coefficient (Wildman–Crippen LogP) is 1.99. The van der Waals surface area contributed by atoms with Crippen LogP contribution in [0.3, 0.4) is 0 Å². The molecule has 0 unspecified atom stereocenters. The van der Waals surface area contributed by atoms with E-state index in [2.05, 4.69) is 20.2 Å². The van der Waals surface area contributed by atoms with E-state index in [1.165, 1.54) is 4.31 Å². The maximum atomic E-state index is 12.8. The van der Waals surface area contributed by atoms with Gasteiger partial charge in [0.15, 0.2) is 0 Å². The summed E-state index contributed by atoms with van der Waals surface area (Å²) in [6.45, 7) is 7.92. The van der Waals surface area contributed by atoms with Gasteiger partial charge in [0, 0.05) is 58.4 Å². The first-order chi connectivity index (χ1) is 16.4. The van der Waals surface area contributed by atoms with Crippen molar-refractivity contribution in [1.82, 2.24) is 29.2 Å². The van der Waals surface area contributed by atoms with Crippen LogP contribution in [0.2, 0.25) is 0 Å². The molecule has 0 aliphatic carbocycles. The molecular formula is C23H31N7O3S. The van der Waals surface area contributed by atoms with Gasteiger partial charge in [-0.25, -0.2) is 18.1 Å². The van der Waals surface area contributed by atoms with Gasteiger partial charge in [-0.2, -0.15) is 4.31 Å². The van der Waals surface area contributed by atoms with Crippen molar-refractivity contribution in [3.05, 3.63) is 42.6 Å². The fourth-order valence-corrected chi connectivity index (χ4v) is 5.73. The Morgan fingerprint density at radius 3 is 2.50 bits per heavy atom. The molecule has 1 fully saturated rings. The number of sulfonamides is 1. The van der Waals surface area contributed by atoms with Crippen molar-refractivity contribution in [3.8, 4) is 0 Å². The number of aromatic nitrogens is 4. The molecule has 0 radical (unpaired) electrons. The highest BCUT2D eigenvalue weighted by Gasteiger charge is 2.23. The summed E-state index contributed by atoms with van der Waals surface area (Å²) in [6.07, 6.45) is 2.85. The molecule has 0 N–H and O–H groups in total. The molecule has 1 aliphatic heterocycles. The second-order valence-corrected chi connectivity index (χ2v) is 10.1. The number of aryl methyl sites for hydroxylation is 1. The lowest BCUT2D eigenvalue weighted by Gasteiger charge is -2.35. The molecule has 1 saturated heterocycles. The van der Waals surface area contributed by atoms with Crippen LogP contribution in [0.4, 0.5) is 5.82 Å². The zero-order chi connectivity index (χ0) is 24.1. The summed E-state index contributed by atoms with van der Waals surface area (Å²) in [4.78, 5) is 21.4. The normalized spacial score (nSPS) is 14.8. The molecule has 11 heteroatoms. The monoisotopic (exact) mass is 485 g/mol. The molecule has 1 amide bonds. The van der Waals surface area contributed by atoms with Gasteiger partial charge >= 0.3 is 0 Å². The first-order valence-corrected chi connectivity index (χ1v) is 13.1. The van der Waals surface area contributed by atoms with Crippen molar-refractivity contribution in [2.24, 2.45) is 0 Å². The smallest absolute Gasteiger partial charge is 0.243 e. The quantitative estimate of drug-likeness (QED) is 0.456. The number of benzene rings is 1. The number of carbonyl (C=O) groups excluding carboxylic acids is 1. The van der Waals surface area contributed by atoms with E-state index in [0.29, 0.717) is 51.1 Å². The number of hydrogen-bond donors (Lipinski definition) is 0. The van der Waals surface area contributed by atoms with Gasteiger partial charge in [0.05, 0.1) is 10.4 Å².